The molecule has 0 radical (unpaired) electrons. The van der Waals surface area contributed by atoms with Gasteiger partial charge in [0.25, 0.3) is 12.5 Å². The van der Waals surface area contributed by atoms with Gasteiger partial charge in [-0.1, -0.05) is 24.3 Å². The van der Waals surface area contributed by atoms with Crippen LogP contribution in [0.3, 0.4) is 0 Å². The van der Waals surface area contributed by atoms with Crippen molar-refractivity contribution < 1.29 is 9.47 Å². The molecule has 0 saturated heterocycles. The van der Waals surface area contributed by atoms with Crippen molar-refractivity contribution in [2.45, 2.75) is 25.3 Å². The normalized spacial score (nSPS) is 21.6. The summed E-state index contributed by atoms with van der Waals surface area (Å²) in [7, 11) is 0. The van der Waals surface area contributed by atoms with Crippen LogP contribution in [0.25, 0.3) is 6.08 Å². The van der Waals surface area contributed by atoms with Crippen LogP contribution in [-0.4, -0.2) is 5.71 Å². The van der Waals surface area contributed by atoms with E-state index >= 15 is 0 Å². The van der Waals surface area contributed by atoms with Crippen LogP contribution in [0.5, 0.6) is 11.5 Å². The number of nitrogens with one attached hydrogen (secondary N) is 1. The van der Waals surface area contributed by atoms with Crippen LogP contribution in [0, 0.1) is 29.0 Å². The number of hydrazone groups is 1. The van der Waals surface area contributed by atoms with Gasteiger partial charge in [0.1, 0.15) is 11.5 Å². The van der Waals surface area contributed by atoms with Gasteiger partial charge in [-0.3, -0.25) is 0 Å². The lowest BCUT2D eigenvalue weighted by molar-refractivity contribution is 0.450. The largest absolute Gasteiger partial charge is 0.388 e. The number of fused-ring (bicyclic) bond motifs is 1. The van der Waals surface area contributed by atoms with E-state index in [0.717, 1.165) is 36.1 Å². The molecule has 0 spiro atoms. The summed E-state index contributed by atoms with van der Waals surface area (Å²) in [5.41, 5.74) is 7.84. The lowest BCUT2D eigenvalue weighted by atomic mass is 9.78. The molecule has 138 valence electrons. The van der Waals surface area contributed by atoms with Crippen molar-refractivity contribution in [1.29, 1.82) is 10.5 Å². The first-order valence-electron chi connectivity index (χ1n) is 9.14. The van der Waals surface area contributed by atoms with Crippen LogP contribution in [0.1, 0.15) is 36.4 Å². The maximum Gasteiger partial charge on any atom is 0.292 e. The van der Waals surface area contributed by atoms with Crippen molar-refractivity contribution in [3.63, 3.8) is 0 Å². The highest BCUT2D eigenvalue weighted by Gasteiger charge is 2.36. The molecule has 2 atom stereocenters. The van der Waals surface area contributed by atoms with Gasteiger partial charge in [0, 0.05) is 5.92 Å². The predicted molar refractivity (Wildman–Crippen MR) is 104 cm³/mol. The van der Waals surface area contributed by atoms with Crippen molar-refractivity contribution in [2.24, 2.45) is 11.0 Å². The van der Waals surface area contributed by atoms with Crippen molar-refractivity contribution in [1.82, 2.24) is 5.43 Å². The first-order valence-corrected chi connectivity index (χ1v) is 9.14. The van der Waals surface area contributed by atoms with Gasteiger partial charge < -0.3 is 14.9 Å². The van der Waals surface area contributed by atoms with Crippen LogP contribution < -0.4 is 14.9 Å². The quantitative estimate of drug-likeness (QED) is 0.811. The molecule has 1 heterocycles. The van der Waals surface area contributed by atoms with Gasteiger partial charge in [0.2, 0.25) is 0 Å². The Kier molecular flexibility index (Phi) is 4.95. The van der Waals surface area contributed by atoms with Crippen molar-refractivity contribution >= 4 is 11.8 Å². The minimum absolute atomic E-state index is 0.126. The Morgan fingerprint density at radius 1 is 0.964 bits per heavy atom. The molecule has 1 aliphatic carbocycles. The number of hydrogen-bond acceptors (Lipinski definition) is 6. The summed E-state index contributed by atoms with van der Waals surface area (Å²) in [4.78, 5) is 0. The smallest absolute Gasteiger partial charge is 0.292 e. The van der Waals surface area contributed by atoms with Crippen LogP contribution in [0.4, 0.5) is 0 Å². The van der Waals surface area contributed by atoms with Gasteiger partial charge in [0.15, 0.2) is 0 Å². The van der Waals surface area contributed by atoms with Crippen molar-refractivity contribution in [2.75, 3.05) is 0 Å². The second-order valence-electron chi connectivity index (χ2n) is 6.80. The zero-order valence-electron chi connectivity index (χ0n) is 15.1. The van der Waals surface area contributed by atoms with E-state index < -0.39 is 0 Å². The Morgan fingerprint density at radius 2 is 1.61 bits per heavy atom. The van der Waals surface area contributed by atoms with Gasteiger partial charge in [0.05, 0.1) is 11.8 Å². The SMILES string of the molecule is N#COc1ccc(/C=C2\CCCC3C2=NNC3c2ccc(OC#N)cc2)cc1. The third-order valence-electron chi connectivity index (χ3n) is 5.16. The minimum atomic E-state index is 0.126. The number of allylic oxidation sites excluding steroid dienone is 1. The molecule has 1 N–H and O–H groups in total. The summed E-state index contributed by atoms with van der Waals surface area (Å²) in [5, 5.41) is 21.8. The first kappa shape index (κ1) is 17.6. The monoisotopic (exact) mass is 370 g/mol. The lowest BCUT2D eigenvalue weighted by Crippen LogP contribution is -2.25. The van der Waals surface area contributed by atoms with E-state index in [1.54, 1.807) is 24.6 Å². The molecule has 2 aromatic carbocycles. The Hall–Kier alpha value is -3.77. The third-order valence-corrected chi connectivity index (χ3v) is 5.16. The first-order chi connectivity index (χ1) is 13.8. The maximum atomic E-state index is 8.62. The van der Waals surface area contributed by atoms with Crippen molar-refractivity contribution in [3.8, 4) is 24.0 Å². The molecule has 0 aromatic heterocycles. The summed E-state index contributed by atoms with van der Waals surface area (Å²) in [6.45, 7) is 0. The molecule has 6 nitrogen and oxygen atoms in total. The van der Waals surface area contributed by atoms with E-state index in [2.05, 4.69) is 16.6 Å². The van der Waals surface area contributed by atoms with Crippen LogP contribution in [0.2, 0.25) is 0 Å². The highest BCUT2D eigenvalue weighted by atomic mass is 16.5. The zero-order chi connectivity index (χ0) is 19.3. The second-order valence-corrected chi connectivity index (χ2v) is 6.80. The molecule has 1 saturated carbocycles. The van der Waals surface area contributed by atoms with Crippen LogP contribution in [0.15, 0.2) is 59.2 Å². The molecular formula is C22H18N4O2. The van der Waals surface area contributed by atoms with Gasteiger partial charge in [-0.2, -0.15) is 5.10 Å². The highest BCUT2D eigenvalue weighted by Crippen LogP contribution is 2.39. The van der Waals surface area contributed by atoms with Gasteiger partial charge in [-0.25, -0.2) is 0 Å². The molecule has 1 fully saturated rings. The van der Waals surface area contributed by atoms with E-state index in [9.17, 15) is 0 Å². The number of hydrogen-bond donors (Lipinski definition) is 1. The van der Waals surface area contributed by atoms with E-state index in [1.807, 2.05) is 36.4 Å². The molecular weight excluding hydrogens is 352 g/mol. The Bertz CT molecular complexity index is 995. The zero-order valence-corrected chi connectivity index (χ0v) is 15.1. The molecule has 0 amide bonds. The fraction of sp³-hybridized carbons (Fsp3) is 0.227. The Balaban J connectivity index is 1.53. The average molecular weight is 370 g/mol. The number of ether oxygens (including phenoxy) is 2. The summed E-state index contributed by atoms with van der Waals surface area (Å²) >= 11 is 0. The Labute approximate surface area is 163 Å². The minimum Gasteiger partial charge on any atom is -0.388 e. The molecule has 4 rings (SSSR count). The van der Waals surface area contributed by atoms with Gasteiger partial charge in [-0.05, 0) is 66.3 Å². The fourth-order valence-corrected chi connectivity index (χ4v) is 3.86. The van der Waals surface area contributed by atoms with E-state index in [-0.39, 0.29) is 6.04 Å². The van der Waals surface area contributed by atoms with Gasteiger partial charge in [-0.15, -0.1) is 10.5 Å². The van der Waals surface area contributed by atoms with Crippen LogP contribution >= 0.6 is 0 Å². The average Bonchev–Trinajstić information content (AvgIpc) is 3.16. The molecule has 1 aliphatic heterocycles. The van der Waals surface area contributed by atoms with Crippen LogP contribution in [-0.2, 0) is 0 Å². The molecule has 6 heteroatoms. The summed E-state index contributed by atoms with van der Waals surface area (Å²) < 4.78 is 9.69. The standard InChI is InChI=1S/C22H18N4O2/c23-13-27-18-8-4-15(5-9-18)12-17-2-1-3-20-21(25-26-22(17)20)16-6-10-19(11-7-16)28-14-24/h4-12,20-21,25H,1-3H2/b17-12+. The maximum absolute atomic E-state index is 8.62. The fourth-order valence-electron chi connectivity index (χ4n) is 3.86. The summed E-state index contributed by atoms with van der Waals surface area (Å²) in [5.74, 6) is 1.40. The van der Waals surface area contributed by atoms with Gasteiger partial charge >= 0.3 is 0 Å². The molecule has 2 aliphatic rings. The molecule has 2 unspecified atom stereocenters. The number of nitrogens with zero attached hydrogens (tertiary/aromatic N) is 3. The van der Waals surface area contributed by atoms with E-state index in [4.69, 9.17) is 20.0 Å². The topological polar surface area (TPSA) is 90.4 Å². The Morgan fingerprint density at radius 3 is 2.25 bits per heavy atom. The second kappa shape index (κ2) is 7.85. The lowest BCUT2D eigenvalue weighted by Gasteiger charge is -2.26. The predicted octanol–water partition coefficient (Wildman–Crippen LogP) is 4.29. The number of benzene rings is 2. The third kappa shape index (κ3) is 3.54. The molecule has 2 aromatic rings. The summed E-state index contributed by atoms with van der Waals surface area (Å²) in [6.07, 6.45) is 8.72. The van der Waals surface area contributed by atoms with E-state index in [0.29, 0.717) is 17.4 Å². The molecule has 28 heavy (non-hydrogen) atoms. The van der Waals surface area contributed by atoms with E-state index in [1.165, 1.54) is 5.57 Å². The van der Waals surface area contributed by atoms with Crippen molar-refractivity contribution in [3.05, 3.63) is 65.2 Å². The highest BCUT2D eigenvalue weighted by molar-refractivity contribution is 6.07. The number of rotatable bonds is 4. The summed E-state index contributed by atoms with van der Waals surface area (Å²) in [6, 6.07) is 15.2. The molecule has 0 bridgehead atoms. The number of nitriles is 2.